The van der Waals surface area contributed by atoms with Gasteiger partial charge in [-0.3, -0.25) is 9.67 Å². The molecule has 0 saturated heterocycles. The molecular formula is C11H11F3N4. The zero-order valence-corrected chi connectivity index (χ0v) is 9.35. The second-order valence-corrected chi connectivity index (χ2v) is 3.78. The fourth-order valence-electron chi connectivity index (χ4n) is 1.59. The number of halogens is 3. The van der Waals surface area contributed by atoms with Gasteiger partial charge in [-0.25, -0.2) is 0 Å². The summed E-state index contributed by atoms with van der Waals surface area (Å²) in [6.07, 6.45) is 0.906. The number of rotatable bonds is 3. The summed E-state index contributed by atoms with van der Waals surface area (Å²) in [6, 6.07) is 1.34. The van der Waals surface area contributed by atoms with Crippen LogP contribution in [0.4, 0.5) is 13.2 Å². The van der Waals surface area contributed by atoms with Gasteiger partial charge in [-0.1, -0.05) is 0 Å². The van der Waals surface area contributed by atoms with Crippen LogP contribution < -0.4 is 5.73 Å². The summed E-state index contributed by atoms with van der Waals surface area (Å²) in [4.78, 5) is 3.51. The predicted octanol–water partition coefficient (Wildman–Crippen LogP) is 1.80. The van der Waals surface area contributed by atoms with E-state index in [1.807, 2.05) is 0 Å². The molecule has 0 saturated carbocycles. The summed E-state index contributed by atoms with van der Waals surface area (Å²) < 4.78 is 39.6. The van der Waals surface area contributed by atoms with Crippen molar-refractivity contribution in [2.24, 2.45) is 5.73 Å². The van der Waals surface area contributed by atoms with Gasteiger partial charge in [-0.05, 0) is 11.6 Å². The lowest BCUT2D eigenvalue weighted by atomic mass is 10.1. The highest BCUT2D eigenvalue weighted by atomic mass is 19.4. The number of nitrogens with two attached hydrogens (primary N) is 1. The van der Waals surface area contributed by atoms with E-state index >= 15 is 0 Å². The molecule has 2 rings (SSSR count). The van der Waals surface area contributed by atoms with Crippen molar-refractivity contribution in [3.8, 4) is 0 Å². The van der Waals surface area contributed by atoms with Crippen LogP contribution in [0.3, 0.4) is 0 Å². The number of hydrogen-bond acceptors (Lipinski definition) is 3. The third kappa shape index (κ3) is 2.67. The molecule has 18 heavy (non-hydrogen) atoms. The molecule has 0 aliphatic heterocycles. The topological polar surface area (TPSA) is 56.7 Å². The molecule has 0 aliphatic carbocycles. The molecule has 0 amide bonds. The van der Waals surface area contributed by atoms with Crippen LogP contribution in [-0.4, -0.2) is 14.8 Å². The first-order valence-electron chi connectivity index (χ1n) is 5.22. The predicted molar refractivity (Wildman–Crippen MR) is 58.5 cm³/mol. The minimum absolute atomic E-state index is 0.0391. The second kappa shape index (κ2) is 4.77. The van der Waals surface area contributed by atoms with E-state index in [9.17, 15) is 13.2 Å². The smallest absolute Gasteiger partial charge is 0.326 e. The van der Waals surface area contributed by atoms with Gasteiger partial charge in [-0.15, -0.1) is 0 Å². The maximum atomic E-state index is 12.7. The van der Waals surface area contributed by atoms with Crippen molar-refractivity contribution in [3.63, 3.8) is 0 Å². The fraction of sp³-hybridized carbons (Fsp3) is 0.273. The number of pyridine rings is 1. The minimum Gasteiger partial charge on any atom is -0.326 e. The van der Waals surface area contributed by atoms with Gasteiger partial charge < -0.3 is 5.73 Å². The summed E-state index contributed by atoms with van der Waals surface area (Å²) >= 11 is 0. The van der Waals surface area contributed by atoms with Crippen molar-refractivity contribution in [1.29, 1.82) is 0 Å². The molecule has 2 heterocycles. The van der Waals surface area contributed by atoms with Gasteiger partial charge in [-0.2, -0.15) is 18.3 Å². The average molecular weight is 256 g/mol. The van der Waals surface area contributed by atoms with Gasteiger partial charge in [0.2, 0.25) is 0 Å². The Morgan fingerprint density at radius 3 is 2.67 bits per heavy atom. The van der Waals surface area contributed by atoms with Crippen LogP contribution in [0, 0.1) is 0 Å². The van der Waals surface area contributed by atoms with Crippen LogP contribution >= 0.6 is 0 Å². The van der Waals surface area contributed by atoms with E-state index in [0.29, 0.717) is 6.54 Å². The van der Waals surface area contributed by atoms with Gasteiger partial charge in [0.15, 0.2) is 0 Å². The Morgan fingerprint density at radius 1 is 1.28 bits per heavy atom. The zero-order chi connectivity index (χ0) is 13.2. The summed E-state index contributed by atoms with van der Waals surface area (Å²) in [5, 5.41) is 3.95. The maximum Gasteiger partial charge on any atom is 0.418 e. The highest BCUT2D eigenvalue weighted by molar-refractivity contribution is 5.26. The Hall–Kier alpha value is -1.89. The van der Waals surface area contributed by atoms with Crippen molar-refractivity contribution >= 4 is 0 Å². The first-order chi connectivity index (χ1) is 8.50. The Balaban J connectivity index is 2.29. The quantitative estimate of drug-likeness (QED) is 0.911. The highest BCUT2D eigenvalue weighted by Crippen LogP contribution is 2.31. The van der Waals surface area contributed by atoms with E-state index in [1.165, 1.54) is 23.1 Å². The van der Waals surface area contributed by atoms with E-state index < -0.39 is 11.7 Å². The largest absolute Gasteiger partial charge is 0.418 e. The molecule has 7 heteroatoms. The summed E-state index contributed by atoms with van der Waals surface area (Å²) in [6.45, 7) is 0.347. The molecule has 0 atom stereocenters. The first-order valence-corrected chi connectivity index (χ1v) is 5.22. The fourth-order valence-corrected chi connectivity index (χ4v) is 1.59. The molecule has 2 N–H and O–H groups in total. The van der Waals surface area contributed by atoms with Crippen LogP contribution in [0.15, 0.2) is 30.9 Å². The van der Waals surface area contributed by atoms with Crippen molar-refractivity contribution in [2.75, 3.05) is 0 Å². The van der Waals surface area contributed by atoms with Gasteiger partial charge in [0.05, 0.1) is 18.3 Å². The van der Waals surface area contributed by atoms with Crippen LogP contribution in [0.1, 0.15) is 16.7 Å². The normalized spacial score (nSPS) is 11.8. The lowest BCUT2D eigenvalue weighted by Gasteiger charge is -2.11. The highest BCUT2D eigenvalue weighted by Gasteiger charge is 2.33. The Morgan fingerprint density at radius 2 is 2.06 bits per heavy atom. The van der Waals surface area contributed by atoms with Gasteiger partial charge >= 0.3 is 6.18 Å². The Bertz CT molecular complexity index is 533. The lowest BCUT2D eigenvalue weighted by molar-refractivity contribution is -0.138. The number of alkyl halides is 3. The monoisotopic (exact) mass is 256 g/mol. The van der Waals surface area contributed by atoms with Crippen LogP contribution in [-0.2, 0) is 19.3 Å². The molecule has 0 bridgehead atoms. The molecule has 0 aliphatic rings. The van der Waals surface area contributed by atoms with Crippen molar-refractivity contribution in [1.82, 2.24) is 14.8 Å². The molecule has 0 aromatic carbocycles. The average Bonchev–Trinajstić information content (AvgIpc) is 2.76. The van der Waals surface area contributed by atoms with E-state index in [1.54, 1.807) is 6.20 Å². The van der Waals surface area contributed by atoms with Crippen LogP contribution in [0.2, 0.25) is 0 Å². The van der Waals surface area contributed by atoms with E-state index in [4.69, 9.17) is 5.73 Å². The third-order valence-corrected chi connectivity index (χ3v) is 2.47. The molecule has 2 aromatic rings. The summed E-state index contributed by atoms with van der Waals surface area (Å²) in [5.74, 6) is 0. The molecular weight excluding hydrogens is 245 g/mol. The van der Waals surface area contributed by atoms with Crippen LogP contribution in [0.5, 0.6) is 0 Å². The van der Waals surface area contributed by atoms with E-state index in [-0.39, 0.29) is 12.1 Å². The Kier molecular flexibility index (Phi) is 3.33. The maximum absolute atomic E-state index is 12.7. The SMILES string of the molecule is NCc1cnn(Cc2ccncc2C(F)(F)F)c1. The van der Waals surface area contributed by atoms with E-state index in [0.717, 1.165) is 11.8 Å². The molecule has 0 fully saturated rings. The number of nitrogens with zero attached hydrogens (tertiary/aromatic N) is 3. The van der Waals surface area contributed by atoms with Crippen molar-refractivity contribution < 1.29 is 13.2 Å². The number of aromatic nitrogens is 3. The molecule has 4 nitrogen and oxygen atoms in total. The summed E-state index contributed by atoms with van der Waals surface area (Å²) in [5.41, 5.74) is 5.58. The molecule has 96 valence electrons. The van der Waals surface area contributed by atoms with Crippen molar-refractivity contribution in [3.05, 3.63) is 47.5 Å². The lowest BCUT2D eigenvalue weighted by Crippen LogP contribution is -2.12. The molecule has 0 spiro atoms. The molecule has 0 unspecified atom stereocenters. The van der Waals surface area contributed by atoms with Gasteiger partial charge in [0, 0.05) is 30.7 Å². The molecule has 2 aromatic heterocycles. The van der Waals surface area contributed by atoms with Gasteiger partial charge in [0.25, 0.3) is 0 Å². The second-order valence-electron chi connectivity index (χ2n) is 3.78. The molecule has 0 radical (unpaired) electrons. The number of hydrogen-bond donors (Lipinski definition) is 1. The minimum atomic E-state index is -4.41. The van der Waals surface area contributed by atoms with E-state index in [2.05, 4.69) is 10.1 Å². The van der Waals surface area contributed by atoms with Gasteiger partial charge in [0.1, 0.15) is 0 Å². The Labute approximate surface area is 101 Å². The summed E-state index contributed by atoms with van der Waals surface area (Å²) in [7, 11) is 0. The zero-order valence-electron chi connectivity index (χ0n) is 9.35. The van der Waals surface area contributed by atoms with Crippen LogP contribution in [0.25, 0.3) is 0 Å². The first kappa shape index (κ1) is 12.6. The third-order valence-electron chi connectivity index (χ3n) is 2.47. The standard InChI is InChI=1S/C11H11F3N4/c12-11(13,14)10-5-16-2-1-9(10)7-18-6-8(3-15)4-17-18/h1-2,4-6H,3,7,15H2. The van der Waals surface area contributed by atoms with Crippen molar-refractivity contribution in [2.45, 2.75) is 19.3 Å².